The van der Waals surface area contributed by atoms with Crippen molar-refractivity contribution in [2.45, 2.75) is 13.3 Å². The van der Waals surface area contributed by atoms with Gasteiger partial charge in [-0.25, -0.2) is 4.79 Å². The van der Waals surface area contributed by atoms with Crippen LogP contribution in [0, 0.1) is 23.7 Å². The van der Waals surface area contributed by atoms with Gasteiger partial charge in [0.2, 0.25) is 11.8 Å². The molecule has 0 aromatic heterocycles. The van der Waals surface area contributed by atoms with Crippen molar-refractivity contribution in [2.75, 3.05) is 23.9 Å². The number of amides is 3. The summed E-state index contributed by atoms with van der Waals surface area (Å²) in [5.41, 5.74) is 2.16. The second kappa shape index (κ2) is 8.85. The van der Waals surface area contributed by atoms with Crippen LogP contribution in [0.5, 0.6) is 5.75 Å². The molecule has 0 spiro atoms. The van der Waals surface area contributed by atoms with E-state index in [1.165, 1.54) is 35.8 Å². The number of hydrogen-bond donors (Lipinski definition) is 1. The Balaban J connectivity index is 1.21. The van der Waals surface area contributed by atoms with Crippen molar-refractivity contribution in [1.29, 1.82) is 0 Å². The predicted octanol–water partition coefficient (Wildman–Crippen LogP) is 3.85. The van der Waals surface area contributed by atoms with Crippen LogP contribution in [-0.2, 0) is 19.1 Å². The quantitative estimate of drug-likeness (QED) is 0.372. The van der Waals surface area contributed by atoms with E-state index in [1.807, 2.05) is 6.92 Å². The summed E-state index contributed by atoms with van der Waals surface area (Å²) in [6, 6.07) is 10.8. The topological polar surface area (TPSA) is 102 Å². The maximum Gasteiger partial charge on any atom is 0.338 e. The minimum atomic E-state index is -0.710. The molecule has 2 aromatic carbocycles. The van der Waals surface area contributed by atoms with Gasteiger partial charge < -0.3 is 14.8 Å². The molecule has 180 valence electrons. The average molecular weight is 495 g/mol. The molecule has 2 bridgehead atoms. The molecular weight excluding hydrogens is 472 g/mol. The lowest BCUT2D eigenvalue weighted by Crippen LogP contribution is -2.33. The van der Waals surface area contributed by atoms with E-state index in [1.54, 1.807) is 24.3 Å². The summed E-state index contributed by atoms with van der Waals surface area (Å²) >= 11 is 5.95. The van der Waals surface area contributed by atoms with Crippen LogP contribution in [0.2, 0.25) is 5.02 Å². The number of carbonyl (C=O) groups excluding carboxylic acids is 4. The molecule has 3 amide bonds. The Bertz CT molecular complexity index is 1270. The highest BCUT2D eigenvalue weighted by Gasteiger charge is 2.60. The molecule has 1 saturated carbocycles. The van der Waals surface area contributed by atoms with E-state index in [4.69, 9.17) is 21.1 Å². The Morgan fingerprint density at radius 2 is 1.80 bits per heavy atom. The van der Waals surface area contributed by atoms with Gasteiger partial charge in [-0.1, -0.05) is 23.3 Å². The Morgan fingerprint density at radius 3 is 2.51 bits per heavy atom. The predicted molar refractivity (Wildman–Crippen MR) is 128 cm³/mol. The number of rotatable bonds is 6. The van der Waals surface area contributed by atoms with Crippen LogP contribution in [0.25, 0.3) is 0 Å². The first-order valence-corrected chi connectivity index (χ1v) is 11.6. The van der Waals surface area contributed by atoms with E-state index in [-0.39, 0.29) is 41.0 Å². The number of benzene rings is 2. The van der Waals surface area contributed by atoms with Crippen LogP contribution in [0.1, 0.15) is 23.7 Å². The van der Waals surface area contributed by atoms with E-state index < -0.39 is 18.5 Å². The molecule has 3 aliphatic rings. The zero-order valence-electron chi connectivity index (χ0n) is 19.1. The average Bonchev–Trinajstić information content (AvgIpc) is 3.48. The molecule has 2 aliphatic carbocycles. The number of allylic oxidation sites excluding steroid dienone is 2. The summed E-state index contributed by atoms with van der Waals surface area (Å²) in [5, 5.41) is 3.00. The molecule has 0 unspecified atom stereocenters. The lowest BCUT2D eigenvalue weighted by molar-refractivity contribution is -0.123. The summed E-state index contributed by atoms with van der Waals surface area (Å²) in [6.07, 6.45) is 2.99. The van der Waals surface area contributed by atoms with E-state index in [2.05, 4.69) is 11.4 Å². The van der Waals surface area contributed by atoms with Crippen molar-refractivity contribution in [2.24, 2.45) is 23.7 Å². The van der Waals surface area contributed by atoms with Gasteiger partial charge in [0.15, 0.2) is 6.61 Å². The van der Waals surface area contributed by atoms with Crippen molar-refractivity contribution < 1.29 is 28.7 Å². The number of ether oxygens (including phenoxy) is 2. The number of methoxy groups -OCH3 is 1. The molecule has 35 heavy (non-hydrogen) atoms. The molecule has 1 saturated heterocycles. The van der Waals surface area contributed by atoms with Crippen molar-refractivity contribution in [1.82, 2.24) is 0 Å². The number of nitrogens with zero attached hydrogens (tertiary/aromatic N) is 1. The normalized spacial score (nSPS) is 24.3. The second-order valence-electron chi connectivity index (χ2n) is 9.00. The highest BCUT2D eigenvalue weighted by molar-refractivity contribution is 6.31. The van der Waals surface area contributed by atoms with Gasteiger partial charge in [0, 0.05) is 5.02 Å². The van der Waals surface area contributed by atoms with Gasteiger partial charge in [-0.3, -0.25) is 19.3 Å². The van der Waals surface area contributed by atoms with Crippen LogP contribution in [0.3, 0.4) is 0 Å². The Labute approximate surface area is 206 Å². The fourth-order valence-corrected chi connectivity index (χ4v) is 5.63. The van der Waals surface area contributed by atoms with Crippen molar-refractivity contribution in [3.8, 4) is 5.75 Å². The van der Waals surface area contributed by atoms with Crippen LogP contribution < -0.4 is 15.0 Å². The molecule has 2 aromatic rings. The van der Waals surface area contributed by atoms with E-state index in [0.29, 0.717) is 22.1 Å². The van der Waals surface area contributed by atoms with Gasteiger partial charge >= 0.3 is 5.97 Å². The van der Waals surface area contributed by atoms with Crippen molar-refractivity contribution >= 4 is 46.7 Å². The fraction of sp³-hybridized carbons (Fsp3) is 0.308. The number of nitrogens with one attached hydrogen (secondary N) is 1. The molecule has 5 rings (SSSR count). The van der Waals surface area contributed by atoms with Gasteiger partial charge in [0.05, 0.1) is 35.9 Å². The first-order valence-electron chi connectivity index (χ1n) is 11.2. The number of carbonyl (C=O) groups is 4. The van der Waals surface area contributed by atoms with Gasteiger partial charge in [0.25, 0.3) is 5.91 Å². The Hall–Kier alpha value is -3.65. The third-order valence-corrected chi connectivity index (χ3v) is 7.25. The highest BCUT2D eigenvalue weighted by atomic mass is 35.5. The molecule has 1 heterocycles. The van der Waals surface area contributed by atoms with Crippen molar-refractivity contribution in [3.05, 3.63) is 64.7 Å². The molecular formula is C26H23ClN2O6. The minimum absolute atomic E-state index is 0.124. The molecule has 8 nitrogen and oxygen atoms in total. The zero-order valence-corrected chi connectivity index (χ0v) is 19.9. The summed E-state index contributed by atoms with van der Waals surface area (Å²) < 4.78 is 10.3. The number of esters is 1. The monoisotopic (exact) mass is 494 g/mol. The number of halogens is 1. The van der Waals surface area contributed by atoms with E-state index in [0.717, 1.165) is 6.42 Å². The first-order chi connectivity index (χ1) is 16.8. The summed E-state index contributed by atoms with van der Waals surface area (Å²) in [5.74, 6) is -1.54. The Kier molecular flexibility index (Phi) is 5.84. The van der Waals surface area contributed by atoms with Crippen LogP contribution in [0.15, 0.2) is 54.1 Å². The van der Waals surface area contributed by atoms with Gasteiger partial charge in [0.1, 0.15) is 5.75 Å². The zero-order chi connectivity index (χ0) is 24.9. The van der Waals surface area contributed by atoms with Gasteiger partial charge in [-0.15, -0.1) is 0 Å². The van der Waals surface area contributed by atoms with E-state index >= 15 is 0 Å². The smallest absolute Gasteiger partial charge is 0.338 e. The summed E-state index contributed by atoms with van der Waals surface area (Å²) in [7, 11) is 1.46. The second-order valence-corrected chi connectivity index (χ2v) is 9.43. The molecule has 4 atom stereocenters. The lowest BCUT2D eigenvalue weighted by Gasteiger charge is -2.19. The summed E-state index contributed by atoms with van der Waals surface area (Å²) in [6.45, 7) is 1.51. The summed E-state index contributed by atoms with van der Waals surface area (Å²) in [4.78, 5) is 52.0. The number of imide groups is 1. The maximum absolute atomic E-state index is 13.1. The van der Waals surface area contributed by atoms with Gasteiger partial charge in [-0.2, -0.15) is 0 Å². The highest BCUT2D eigenvalue weighted by Crippen LogP contribution is 2.55. The minimum Gasteiger partial charge on any atom is -0.495 e. The maximum atomic E-state index is 13.1. The SMILES string of the molecule is COc1ccc(Cl)cc1NC(=O)COC(=O)c1ccc(N2C(=O)[C@H]3[C@H](C2=O)[C@H]2C=C(C)[C@H]3C2)cc1. The number of anilines is 2. The van der Waals surface area contributed by atoms with Crippen LogP contribution in [-0.4, -0.2) is 37.4 Å². The van der Waals surface area contributed by atoms with Crippen LogP contribution >= 0.6 is 11.6 Å². The lowest BCUT2D eigenvalue weighted by atomic mass is 9.82. The first kappa shape index (κ1) is 23.1. The number of fused-ring (bicyclic) bond motifs is 5. The number of hydrogen-bond acceptors (Lipinski definition) is 6. The van der Waals surface area contributed by atoms with Crippen LogP contribution in [0.4, 0.5) is 11.4 Å². The standard InChI is InChI=1S/C26H23ClN2O6/c1-13-9-15-10-18(13)23-22(15)24(31)29(25(23)32)17-6-3-14(4-7-17)26(33)35-12-21(30)28-19-11-16(27)5-8-20(19)34-2/h3-9,11,15,18,22-23H,10,12H2,1-2H3,(H,28,30)/t15-,18+,22+,23+/m0/s1. The molecule has 2 fully saturated rings. The van der Waals surface area contributed by atoms with Gasteiger partial charge in [-0.05, 0) is 67.6 Å². The van der Waals surface area contributed by atoms with Crippen molar-refractivity contribution in [3.63, 3.8) is 0 Å². The fourth-order valence-electron chi connectivity index (χ4n) is 5.45. The third kappa shape index (κ3) is 3.97. The molecule has 1 N–H and O–H groups in total. The largest absolute Gasteiger partial charge is 0.495 e. The Morgan fingerprint density at radius 1 is 1.09 bits per heavy atom. The molecule has 1 aliphatic heterocycles. The third-order valence-electron chi connectivity index (χ3n) is 7.01. The molecule has 9 heteroatoms. The van der Waals surface area contributed by atoms with E-state index in [9.17, 15) is 19.2 Å². The molecule has 0 radical (unpaired) electrons.